The first-order valence-corrected chi connectivity index (χ1v) is 8.99. The van der Waals surface area contributed by atoms with Gasteiger partial charge in [-0.15, -0.1) is 0 Å². The van der Waals surface area contributed by atoms with Gasteiger partial charge in [-0.05, 0) is 24.1 Å². The number of morpholine rings is 1. The minimum absolute atomic E-state index is 0.0321. The van der Waals surface area contributed by atoms with Gasteiger partial charge < -0.3 is 10.1 Å². The molecule has 6 heteroatoms. The van der Waals surface area contributed by atoms with E-state index in [4.69, 9.17) is 16.3 Å². The molecule has 0 aromatic heterocycles. The first kappa shape index (κ1) is 19.2. The molecule has 1 atom stereocenters. The number of nitrogens with zero attached hydrogens (tertiary/aromatic N) is 1. The Bertz CT molecular complexity index is 546. The summed E-state index contributed by atoms with van der Waals surface area (Å²) in [6, 6.07) is 4.35. The quantitative estimate of drug-likeness (QED) is 0.814. The van der Waals surface area contributed by atoms with E-state index >= 15 is 0 Å². The van der Waals surface area contributed by atoms with Crippen LogP contribution in [0.25, 0.3) is 0 Å². The molecule has 0 bridgehead atoms. The van der Waals surface area contributed by atoms with Crippen molar-refractivity contribution in [1.82, 2.24) is 10.2 Å². The largest absolute Gasteiger partial charge is 0.379 e. The van der Waals surface area contributed by atoms with Crippen molar-refractivity contribution in [3.63, 3.8) is 0 Å². The fraction of sp³-hybridized carbons (Fsp3) is 0.611. The van der Waals surface area contributed by atoms with Gasteiger partial charge in [0.2, 0.25) is 0 Å². The molecule has 134 valence electrons. The van der Waals surface area contributed by atoms with Crippen LogP contribution in [0.1, 0.15) is 37.0 Å². The number of nitrogens with one attached hydrogen (secondary N) is 1. The molecule has 0 saturated carbocycles. The van der Waals surface area contributed by atoms with Crippen molar-refractivity contribution in [2.45, 2.75) is 32.7 Å². The summed E-state index contributed by atoms with van der Waals surface area (Å²) in [5.74, 6) is -0.502. The fourth-order valence-corrected chi connectivity index (χ4v) is 3.46. The van der Waals surface area contributed by atoms with E-state index in [1.54, 1.807) is 0 Å². The maximum Gasteiger partial charge on any atom is 0.254 e. The van der Waals surface area contributed by atoms with Gasteiger partial charge in [0.1, 0.15) is 5.82 Å². The third kappa shape index (κ3) is 4.91. The van der Waals surface area contributed by atoms with Crippen LogP contribution in [0.4, 0.5) is 4.39 Å². The minimum Gasteiger partial charge on any atom is -0.379 e. The monoisotopic (exact) mass is 356 g/mol. The third-order valence-electron chi connectivity index (χ3n) is 4.76. The Labute approximate surface area is 148 Å². The maximum atomic E-state index is 13.9. The summed E-state index contributed by atoms with van der Waals surface area (Å²) in [6.07, 6.45) is 2.09. The number of carbonyl (C=O) groups is 1. The van der Waals surface area contributed by atoms with Crippen LogP contribution in [0.15, 0.2) is 18.2 Å². The van der Waals surface area contributed by atoms with Gasteiger partial charge in [0, 0.05) is 30.7 Å². The van der Waals surface area contributed by atoms with E-state index in [-0.39, 0.29) is 16.6 Å². The number of carbonyl (C=O) groups excluding carboxylic acids is 1. The highest BCUT2D eigenvalue weighted by Crippen LogP contribution is 2.20. The molecular weight excluding hydrogens is 331 g/mol. The molecule has 4 nitrogen and oxygen atoms in total. The highest BCUT2D eigenvalue weighted by Gasteiger charge is 2.27. The summed E-state index contributed by atoms with van der Waals surface area (Å²) in [7, 11) is 0. The first-order valence-electron chi connectivity index (χ1n) is 8.61. The van der Waals surface area contributed by atoms with Crippen LogP contribution in [0.2, 0.25) is 5.02 Å². The second-order valence-electron chi connectivity index (χ2n) is 6.13. The van der Waals surface area contributed by atoms with Crippen LogP contribution in [0.5, 0.6) is 0 Å². The van der Waals surface area contributed by atoms with Crippen LogP contribution in [0, 0.1) is 11.7 Å². The van der Waals surface area contributed by atoms with Gasteiger partial charge in [-0.25, -0.2) is 4.39 Å². The van der Waals surface area contributed by atoms with Crippen molar-refractivity contribution in [3.8, 4) is 0 Å². The maximum absolute atomic E-state index is 13.9. The van der Waals surface area contributed by atoms with E-state index in [0.717, 1.165) is 45.2 Å². The first-order chi connectivity index (χ1) is 11.6. The van der Waals surface area contributed by atoms with Gasteiger partial charge in [0.25, 0.3) is 5.91 Å². The highest BCUT2D eigenvalue weighted by atomic mass is 35.5. The van der Waals surface area contributed by atoms with Crippen LogP contribution in [0.3, 0.4) is 0 Å². The molecule has 1 aliphatic heterocycles. The lowest BCUT2D eigenvalue weighted by molar-refractivity contribution is 0.00190. The number of hydrogen-bond donors (Lipinski definition) is 1. The molecule has 1 N–H and O–H groups in total. The predicted octanol–water partition coefficient (Wildman–Crippen LogP) is 3.35. The summed E-state index contributed by atoms with van der Waals surface area (Å²) in [5.41, 5.74) is 0.0321. The van der Waals surface area contributed by atoms with E-state index in [1.165, 1.54) is 12.1 Å². The zero-order valence-electron chi connectivity index (χ0n) is 14.4. The number of amides is 1. The summed E-state index contributed by atoms with van der Waals surface area (Å²) in [5, 5.41) is 3.19. The highest BCUT2D eigenvalue weighted by molar-refractivity contribution is 6.30. The predicted molar refractivity (Wildman–Crippen MR) is 94.0 cm³/mol. The molecular formula is C18H26ClFN2O2. The average molecular weight is 357 g/mol. The Morgan fingerprint density at radius 3 is 2.58 bits per heavy atom. The summed E-state index contributed by atoms with van der Waals surface area (Å²) in [4.78, 5) is 14.7. The minimum atomic E-state index is -0.592. The zero-order chi connectivity index (χ0) is 17.5. The number of halogens is 2. The third-order valence-corrected chi connectivity index (χ3v) is 4.99. The van der Waals surface area contributed by atoms with E-state index in [2.05, 4.69) is 24.1 Å². The zero-order valence-corrected chi connectivity index (χ0v) is 15.1. The van der Waals surface area contributed by atoms with Crippen LogP contribution >= 0.6 is 11.6 Å². The molecule has 1 heterocycles. The van der Waals surface area contributed by atoms with Crippen LogP contribution in [-0.4, -0.2) is 49.7 Å². The molecule has 1 aromatic rings. The summed E-state index contributed by atoms with van der Waals surface area (Å²) in [6.45, 7) is 8.02. The lowest BCUT2D eigenvalue weighted by Gasteiger charge is -2.38. The Kier molecular flexibility index (Phi) is 7.46. The molecule has 1 amide bonds. The van der Waals surface area contributed by atoms with Crippen molar-refractivity contribution < 1.29 is 13.9 Å². The van der Waals surface area contributed by atoms with E-state index in [0.29, 0.717) is 12.5 Å². The van der Waals surface area contributed by atoms with Crippen molar-refractivity contribution in [2.24, 2.45) is 5.92 Å². The number of rotatable bonds is 7. The Morgan fingerprint density at radius 1 is 1.33 bits per heavy atom. The van der Waals surface area contributed by atoms with Crippen LogP contribution < -0.4 is 5.32 Å². The van der Waals surface area contributed by atoms with Crippen molar-refractivity contribution >= 4 is 17.5 Å². The topological polar surface area (TPSA) is 41.6 Å². The van der Waals surface area contributed by atoms with Gasteiger partial charge in [-0.1, -0.05) is 38.3 Å². The Hall–Kier alpha value is -1.17. The molecule has 0 aliphatic carbocycles. The molecule has 2 rings (SSSR count). The van der Waals surface area contributed by atoms with Gasteiger partial charge >= 0.3 is 0 Å². The Balaban J connectivity index is 2.04. The lowest BCUT2D eigenvalue weighted by atomic mass is 9.92. The molecule has 1 unspecified atom stereocenters. The summed E-state index contributed by atoms with van der Waals surface area (Å²) < 4.78 is 19.3. The molecule has 1 aromatic carbocycles. The number of hydrogen-bond acceptors (Lipinski definition) is 3. The molecule has 0 spiro atoms. The molecule has 1 fully saturated rings. The smallest absolute Gasteiger partial charge is 0.254 e. The van der Waals surface area contributed by atoms with Crippen LogP contribution in [-0.2, 0) is 4.74 Å². The standard InChI is InChI=1S/C18H26ClFN2O2/c1-3-13(4-2)17(22-7-9-24-10-8-22)12-21-18(23)15-6-5-14(19)11-16(15)20/h5-6,11,13,17H,3-4,7-10,12H2,1-2H3,(H,21,23). The van der Waals surface area contributed by atoms with Gasteiger partial charge in [0.15, 0.2) is 0 Å². The normalized spacial score (nSPS) is 17.0. The molecule has 1 saturated heterocycles. The molecule has 1 aliphatic rings. The van der Waals surface area contributed by atoms with Crippen molar-refractivity contribution in [3.05, 3.63) is 34.6 Å². The lowest BCUT2D eigenvalue weighted by Crippen LogP contribution is -2.52. The molecule has 0 radical (unpaired) electrons. The fourth-order valence-electron chi connectivity index (χ4n) is 3.30. The number of ether oxygens (including phenoxy) is 1. The SMILES string of the molecule is CCC(CC)C(CNC(=O)c1ccc(Cl)cc1F)N1CCOCC1. The van der Waals surface area contributed by atoms with Gasteiger partial charge in [-0.2, -0.15) is 0 Å². The van der Waals surface area contributed by atoms with E-state index in [1.807, 2.05) is 0 Å². The van der Waals surface area contributed by atoms with E-state index in [9.17, 15) is 9.18 Å². The second kappa shape index (κ2) is 9.35. The van der Waals surface area contributed by atoms with Gasteiger partial charge in [0.05, 0.1) is 18.8 Å². The molecule has 24 heavy (non-hydrogen) atoms. The second-order valence-corrected chi connectivity index (χ2v) is 6.56. The van der Waals surface area contributed by atoms with Crippen molar-refractivity contribution in [2.75, 3.05) is 32.8 Å². The van der Waals surface area contributed by atoms with Crippen molar-refractivity contribution in [1.29, 1.82) is 0 Å². The van der Waals surface area contributed by atoms with E-state index < -0.39 is 11.7 Å². The summed E-state index contributed by atoms with van der Waals surface area (Å²) >= 11 is 5.74. The average Bonchev–Trinajstić information content (AvgIpc) is 2.59. The number of benzene rings is 1. The Morgan fingerprint density at radius 2 is 2.00 bits per heavy atom. The van der Waals surface area contributed by atoms with Gasteiger partial charge in [-0.3, -0.25) is 9.69 Å².